The molecule has 0 aromatic carbocycles. The summed E-state index contributed by atoms with van der Waals surface area (Å²) in [7, 11) is 0. The zero-order valence-corrected chi connectivity index (χ0v) is 10.3. The fourth-order valence-electron chi connectivity index (χ4n) is 2.54. The summed E-state index contributed by atoms with van der Waals surface area (Å²) in [6, 6.07) is 0. The molecular weight excluding hydrogens is 188 g/mol. The first-order chi connectivity index (χ1) is 7.07. The predicted molar refractivity (Wildman–Crippen MR) is 62.0 cm³/mol. The highest BCUT2D eigenvalue weighted by Crippen LogP contribution is 2.21. The Balaban J connectivity index is 1.78. The van der Waals surface area contributed by atoms with E-state index in [2.05, 4.69) is 31.0 Å². The molecule has 0 aromatic heterocycles. The lowest BCUT2D eigenvalue weighted by atomic mass is 9.88. The van der Waals surface area contributed by atoms with Crippen LogP contribution in [0.15, 0.2) is 0 Å². The average Bonchev–Trinajstić information content (AvgIpc) is 1.97. The minimum absolute atomic E-state index is 0.0514. The van der Waals surface area contributed by atoms with E-state index in [0.717, 1.165) is 31.5 Å². The van der Waals surface area contributed by atoms with Gasteiger partial charge in [0.25, 0.3) is 0 Å². The molecule has 2 rings (SSSR count). The Bertz CT molecular complexity index is 214. The maximum atomic E-state index is 5.72. The van der Waals surface area contributed by atoms with E-state index in [4.69, 9.17) is 4.74 Å². The van der Waals surface area contributed by atoms with Crippen molar-refractivity contribution in [3.8, 4) is 0 Å². The van der Waals surface area contributed by atoms with Gasteiger partial charge in [0.15, 0.2) is 0 Å². The molecule has 1 N–H and O–H groups in total. The van der Waals surface area contributed by atoms with Gasteiger partial charge >= 0.3 is 0 Å². The van der Waals surface area contributed by atoms with Gasteiger partial charge in [-0.05, 0) is 38.8 Å². The molecule has 1 unspecified atom stereocenters. The van der Waals surface area contributed by atoms with Gasteiger partial charge in [-0.25, -0.2) is 0 Å². The highest BCUT2D eigenvalue weighted by Gasteiger charge is 2.30. The molecular formula is C12H24N2O. The summed E-state index contributed by atoms with van der Waals surface area (Å²) in [5.74, 6) is 1.72. The normalized spacial score (nSPS) is 29.8. The third-order valence-corrected chi connectivity index (χ3v) is 3.67. The second-order valence-electron chi connectivity index (χ2n) is 5.74. The summed E-state index contributed by atoms with van der Waals surface area (Å²) in [6.07, 6.45) is 0. The molecule has 0 amide bonds. The number of morpholine rings is 1. The number of nitrogens with zero attached hydrogens (tertiary/aromatic N) is 1. The summed E-state index contributed by atoms with van der Waals surface area (Å²) >= 11 is 0. The van der Waals surface area contributed by atoms with E-state index in [-0.39, 0.29) is 5.60 Å². The molecule has 2 heterocycles. The van der Waals surface area contributed by atoms with Gasteiger partial charge in [0.05, 0.1) is 12.2 Å². The fourth-order valence-corrected chi connectivity index (χ4v) is 2.54. The molecule has 2 aliphatic heterocycles. The number of hydrogen-bond donors (Lipinski definition) is 1. The van der Waals surface area contributed by atoms with E-state index in [0.29, 0.717) is 0 Å². The van der Waals surface area contributed by atoms with Crippen LogP contribution in [0.3, 0.4) is 0 Å². The molecule has 1 atom stereocenters. The van der Waals surface area contributed by atoms with E-state index in [9.17, 15) is 0 Å². The first kappa shape index (κ1) is 11.4. The van der Waals surface area contributed by atoms with E-state index < -0.39 is 0 Å². The molecule has 0 aliphatic carbocycles. The van der Waals surface area contributed by atoms with Gasteiger partial charge in [0.1, 0.15) is 0 Å². The third-order valence-electron chi connectivity index (χ3n) is 3.67. The Hall–Kier alpha value is -0.120. The summed E-state index contributed by atoms with van der Waals surface area (Å²) in [4.78, 5) is 2.56. The Labute approximate surface area is 93.2 Å². The number of rotatable bonds is 3. The summed E-state index contributed by atoms with van der Waals surface area (Å²) < 4.78 is 5.72. The van der Waals surface area contributed by atoms with Crippen molar-refractivity contribution in [3.63, 3.8) is 0 Å². The minimum Gasteiger partial charge on any atom is -0.373 e. The van der Waals surface area contributed by atoms with E-state index in [1.54, 1.807) is 0 Å². The van der Waals surface area contributed by atoms with Gasteiger partial charge in [-0.1, -0.05) is 6.92 Å². The molecule has 15 heavy (non-hydrogen) atoms. The SMILES string of the molecule is CC(CN1CCOC(C)(C)C1)C1CNC1. The molecule has 2 saturated heterocycles. The predicted octanol–water partition coefficient (Wildman–Crippen LogP) is 0.953. The standard InChI is InChI=1S/C12H24N2O/c1-10(11-6-13-7-11)8-14-4-5-15-12(2,3)9-14/h10-11,13H,4-9H2,1-3H3. The van der Waals surface area contributed by atoms with Crippen LogP contribution in [0.5, 0.6) is 0 Å². The van der Waals surface area contributed by atoms with Crippen molar-refractivity contribution >= 4 is 0 Å². The molecule has 2 aliphatic rings. The number of ether oxygens (including phenoxy) is 1. The van der Waals surface area contributed by atoms with Crippen LogP contribution in [0.2, 0.25) is 0 Å². The summed E-state index contributed by atoms with van der Waals surface area (Å²) in [5, 5.41) is 3.35. The van der Waals surface area contributed by atoms with Gasteiger partial charge in [-0.15, -0.1) is 0 Å². The molecule has 0 saturated carbocycles. The molecule has 3 nitrogen and oxygen atoms in total. The smallest absolute Gasteiger partial charge is 0.0753 e. The van der Waals surface area contributed by atoms with Crippen molar-refractivity contribution < 1.29 is 4.74 Å². The second-order valence-corrected chi connectivity index (χ2v) is 5.74. The van der Waals surface area contributed by atoms with Gasteiger partial charge in [-0.2, -0.15) is 0 Å². The van der Waals surface area contributed by atoms with Crippen LogP contribution in [-0.2, 0) is 4.74 Å². The van der Waals surface area contributed by atoms with Crippen molar-refractivity contribution in [3.05, 3.63) is 0 Å². The van der Waals surface area contributed by atoms with Crippen LogP contribution < -0.4 is 5.32 Å². The topological polar surface area (TPSA) is 24.5 Å². The van der Waals surface area contributed by atoms with E-state index >= 15 is 0 Å². The summed E-state index contributed by atoms with van der Waals surface area (Å²) in [6.45, 7) is 13.5. The van der Waals surface area contributed by atoms with Crippen LogP contribution in [0.4, 0.5) is 0 Å². The van der Waals surface area contributed by atoms with Gasteiger partial charge in [0.2, 0.25) is 0 Å². The monoisotopic (exact) mass is 212 g/mol. The molecule has 3 heteroatoms. The Morgan fingerprint density at radius 1 is 1.47 bits per heavy atom. The third kappa shape index (κ3) is 2.92. The van der Waals surface area contributed by atoms with Gasteiger partial charge in [-0.3, -0.25) is 4.90 Å². The molecule has 0 aromatic rings. The Morgan fingerprint density at radius 3 is 2.73 bits per heavy atom. The lowest BCUT2D eigenvalue weighted by Crippen LogP contribution is -2.53. The Morgan fingerprint density at radius 2 is 2.20 bits per heavy atom. The quantitative estimate of drug-likeness (QED) is 0.754. The molecule has 2 fully saturated rings. The Kier molecular flexibility index (Phi) is 3.33. The lowest BCUT2D eigenvalue weighted by Gasteiger charge is -2.41. The van der Waals surface area contributed by atoms with Crippen LogP contribution in [0, 0.1) is 11.8 Å². The van der Waals surface area contributed by atoms with Crippen molar-refractivity contribution in [1.29, 1.82) is 0 Å². The molecule has 0 bridgehead atoms. The van der Waals surface area contributed by atoms with Crippen LogP contribution in [0.25, 0.3) is 0 Å². The van der Waals surface area contributed by atoms with Crippen LogP contribution in [0.1, 0.15) is 20.8 Å². The van der Waals surface area contributed by atoms with Gasteiger partial charge < -0.3 is 10.1 Å². The first-order valence-electron chi connectivity index (χ1n) is 6.14. The zero-order valence-electron chi connectivity index (χ0n) is 10.3. The fraction of sp³-hybridized carbons (Fsp3) is 1.00. The summed E-state index contributed by atoms with van der Waals surface area (Å²) in [5.41, 5.74) is 0.0514. The van der Waals surface area contributed by atoms with E-state index in [1.165, 1.54) is 19.6 Å². The maximum Gasteiger partial charge on any atom is 0.0753 e. The molecule has 88 valence electrons. The van der Waals surface area contributed by atoms with Crippen LogP contribution >= 0.6 is 0 Å². The van der Waals surface area contributed by atoms with Crippen molar-refractivity contribution in [2.75, 3.05) is 39.3 Å². The van der Waals surface area contributed by atoms with E-state index in [1.807, 2.05) is 0 Å². The second kappa shape index (κ2) is 4.40. The first-order valence-corrected chi connectivity index (χ1v) is 6.14. The highest BCUT2D eigenvalue weighted by molar-refractivity contribution is 4.84. The highest BCUT2D eigenvalue weighted by atomic mass is 16.5. The average molecular weight is 212 g/mol. The minimum atomic E-state index is 0.0514. The lowest BCUT2D eigenvalue weighted by molar-refractivity contribution is -0.0905. The number of nitrogens with one attached hydrogen (secondary N) is 1. The van der Waals surface area contributed by atoms with Crippen molar-refractivity contribution in [2.24, 2.45) is 11.8 Å². The number of hydrogen-bond acceptors (Lipinski definition) is 3. The maximum absolute atomic E-state index is 5.72. The van der Waals surface area contributed by atoms with Crippen LogP contribution in [-0.4, -0.2) is 49.8 Å². The molecule has 0 spiro atoms. The van der Waals surface area contributed by atoms with Crippen molar-refractivity contribution in [1.82, 2.24) is 10.2 Å². The van der Waals surface area contributed by atoms with Crippen molar-refractivity contribution in [2.45, 2.75) is 26.4 Å². The van der Waals surface area contributed by atoms with Gasteiger partial charge in [0, 0.05) is 19.6 Å². The molecule has 0 radical (unpaired) electrons. The zero-order chi connectivity index (χ0) is 10.9. The largest absolute Gasteiger partial charge is 0.373 e.